The van der Waals surface area contributed by atoms with Crippen LogP contribution in [-0.4, -0.2) is 26.0 Å². The predicted octanol–water partition coefficient (Wildman–Crippen LogP) is 2.14. The molecule has 0 bridgehead atoms. The Balaban J connectivity index is 2.02. The van der Waals surface area contributed by atoms with Crippen molar-refractivity contribution in [1.82, 2.24) is 4.72 Å². The van der Waals surface area contributed by atoms with Crippen molar-refractivity contribution in [2.75, 3.05) is 18.0 Å². The van der Waals surface area contributed by atoms with Crippen molar-refractivity contribution in [2.45, 2.75) is 36.3 Å². The van der Waals surface area contributed by atoms with Crippen molar-refractivity contribution in [3.8, 4) is 0 Å². The molecule has 1 saturated heterocycles. The van der Waals surface area contributed by atoms with Crippen LogP contribution in [0.4, 0.5) is 5.69 Å². The molecule has 0 aromatic heterocycles. The summed E-state index contributed by atoms with van der Waals surface area (Å²) in [6.07, 6.45) is 3.53. The topological polar surface area (TPSA) is 72.2 Å². The normalized spacial score (nSPS) is 20.4. The lowest BCUT2D eigenvalue weighted by Crippen LogP contribution is -2.32. The highest BCUT2D eigenvalue weighted by atomic mass is 32.2. The quantitative estimate of drug-likeness (QED) is 0.836. The Labute approximate surface area is 119 Å². The minimum absolute atomic E-state index is 0.292. The Morgan fingerprint density at radius 3 is 2.84 bits per heavy atom. The number of thioether (sulfide) groups is 1. The van der Waals surface area contributed by atoms with Crippen LogP contribution in [0, 0.1) is 6.92 Å². The molecule has 1 atom stereocenters. The van der Waals surface area contributed by atoms with Gasteiger partial charge < -0.3 is 5.73 Å². The second-order valence-electron chi connectivity index (χ2n) is 4.86. The van der Waals surface area contributed by atoms with Gasteiger partial charge in [0.15, 0.2) is 0 Å². The fourth-order valence-electron chi connectivity index (χ4n) is 2.07. The van der Waals surface area contributed by atoms with Gasteiger partial charge in [-0.05, 0) is 49.3 Å². The van der Waals surface area contributed by atoms with Crippen molar-refractivity contribution in [3.63, 3.8) is 0 Å². The molecule has 2 rings (SSSR count). The van der Waals surface area contributed by atoms with Crippen LogP contribution in [0.1, 0.15) is 24.8 Å². The van der Waals surface area contributed by atoms with E-state index in [1.54, 1.807) is 18.2 Å². The smallest absolute Gasteiger partial charge is 0.240 e. The molecule has 0 radical (unpaired) electrons. The van der Waals surface area contributed by atoms with Gasteiger partial charge in [-0.1, -0.05) is 6.42 Å². The summed E-state index contributed by atoms with van der Waals surface area (Å²) >= 11 is 1.86. The number of benzene rings is 1. The molecule has 6 heteroatoms. The molecular formula is C13H20N2O2S2. The van der Waals surface area contributed by atoms with E-state index in [1.165, 1.54) is 12.8 Å². The number of nitrogen functional groups attached to an aromatic ring is 1. The molecule has 0 amide bonds. The average Bonchev–Trinajstić information content (AvgIpc) is 2.41. The van der Waals surface area contributed by atoms with Gasteiger partial charge in [-0.25, -0.2) is 13.1 Å². The van der Waals surface area contributed by atoms with E-state index < -0.39 is 10.0 Å². The molecule has 1 fully saturated rings. The van der Waals surface area contributed by atoms with Gasteiger partial charge in [0.25, 0.3) is 0 Å². The Morgan fingerprint density at radius 1 is 1.42 bits per heavy atom. The van der Waals surface area contributed by atoms with Crippen LogP contribution in [0.15, 0.2) is 23.1 Å². The maximum absolute atomic E-state index is 12.2. The monoisotopic (exact) mass is 300 g/mol. The molecule has 1 heterocycles. The molecule has 1 aliphatic heterocycles. The van der Waals surface area contributed by atoms with Crippen molar-refractivity contribution in [3.05, 3.63) is 23.8 Å². The summed E-state index contributed by atoms with van der Waals surface area (Å²) in [5, 5.41) is 0.401. The molecule has 1 aromatic carbocycles. The lowest BCUT2D eigenvalue weighted by atomic mass is 10.2. The highest BCUT2D eigenvalue weighted by Gasteiger charge is 2.19. The van der Waals surface area contributed by atoms with Gasteiger partial charge >= 0.3 is 0 Å². The Morgan fingerprint density at radius 2 is 2.21 bits per heavy atom. The van der Waals surface area contributed by atoms with E-state index in [4.69, 9.17) is 5.73 Å². The summed E-state index contributed by atoms with van der Waals surface area (Å²) in [6.45, 7) is 2.32. The van der Waals surface area contributed by atoms with Gasteiger partial charge in [0, 0.05) is 17.5 Å². The molecule has 0 saturated carbocycles. The molecule has 0 aliphatic carbocycles. The van der Waals surface area contributed by atoms with Gasteiger partial charge in [0.05, 0.1) is 4.90 Å². The summed E-state index contributed by atoms with van der Waals surface area (Å²) in [5.74, 6) is 1.13. The number of aryl methyl sites for hydroxylation is 1. The second-order valence-corrected chi connectivity index (χ2v) is 8.03. The van der Waals surface area contributed by atoms with Crippen LogP contribution in [0.3, 0.4) is 0 Å². The van der Waals surface area contributed by atoms with Crippen molar-refractivity contribution in [1.29, 1.82) is 0 Å². The Bertz CT molecular complexity index is 538. The largest absolute Gasteiger partial charge is 0.399 e. The molecule has 0 spiro atoms. The van der Waals surface area contributed by atoms with Gasteiger partial charge in [-0.3, -0.25) is 0 Å². The van der Waals surface area contributed by atoms with E-state index in [0.717, 1.165) is 17.7 Å². The lowest BCUT2D eigenvalue weighted by Gasteiger charge is -2.21. The average molecular weight is 300 g/mol. The molecule has 1 aromatic rings. The first-order valence-corrected chi connectivity index (χ1v) is 8.99. The standard InChI is InChI=1S/C13H20N2O2S2/c1-10-8-12(5-6-13(10)14)19(16,17)15-9-11-4-2-3-7-18-11/h5-6,8,11,15H,2-4,7,9,14H2,1H3. The van der Waals surface area contributed by atoms with E-state index in [-0.39, 0.29) is 0 Å². The zero-order valence-electron chi connectivity index (χ0n) is 11.1. The second kappa shape index (κ2) is 6.15. The van der Waals surface area contributed by atoms with Crippen LogP contribution in [-0.2, 0) is 10.0 Å². The maximum atomic E-state index is 12.2. The number of rotatable bonds is 4. The highest BCUT2D eigenvalue weighted by Crippen LogP contribution is 2.25. The third kappa shape index (κ3) is 3.87. The minimum Gasteiger partial charge on any atom is -0.399 e. The zero-order valence-corrected chi connectivity index (χ0v) is 12.7. The SMILES string of the molecule is Cc1cc(S(=O)(=O)NCC2CCCCS2)ccc1N. The van der Waals surface area contributed by atoms with Crippen molar-refractivity contribution < 1.29 is 8.42 Å². The summed E-state index contributed by atoms with van der Waals surface area (Å²) in [4.78, 5) is 0.292. The van der Waals surface area contributed by atoms with Crippen LogP contribution < -0.4 is 10.5 Å². The highest BCUT2D eigenvalue weighted by molar-refractivity contribution is 8.00. The van der Waals surface area contributed by atoms with E-state index in [0.29, 0.717) is 22.4 Å². The summed E-state index contributed by atoms with van der Waals surface area (Å²) in [5.41, 5.74) is 7.10. The lowest BCUT2D eigenvalue weighted by molar-refractivity contribution is 0.573. The molecule has 1 aliphatic rings. The maximum Gasteiger partial charge on any atom is 0.240 e. The number of hydrogen-bond acceptors (Lipinski definition) is 4. The number of nitrogens with two attached hydrogens (primary N) is 1. The summed E-state index contributed by atoms with van der Waals surface area (Å²) < 4.78 is 27.1. The third-order valence-corrected chi connectivity index (χ3v) is 6.15. The molecule has 3 N–H and O–H groups in total. The zero-order chi connectivity index (χ0) is 13.9. The fourth-order valence-corrected chi connectivity index (χ4v) is 4.58. The van der Waals surface area contributed by atoms with Gasteiger partial charge in [-0.2, -0.15) is 11.8 Å². The molecule has 1 unspecified atom stereocenters. The fraction of sp³-hybridized carbons (Fsp3) is 0.538. The van der Waals surface area contributed by atoms with Crippen LogP contribution in [0.5, 0.6) is 0 Å². The first kappa shape index (κ1) is 14.7. The minimum atomic E-state index is -3.42. The van der Waals surface area contributed by atoms with Gasteiger partial charge in [0.2, 0.25) is 10.0 Å². The van der Waals surface area contributed by atoms with E-state index >= 15 is 0 Å². The van der Waals surface area contributed by atoms with Gasteiger partial charge in [0.1, 0.15) is 0 Å². The van der Waals surface area contributed by atoms with Gasteiger partial charge in [-0.15, -0.1) is 0 Å². The Hall–Kier alpha value is -0.720. The molecular weight excluding hydrogens is 280 g/mol. The van der Waals surface area contributed by atoms with E-state index in [2.05, 4.69) is 4.72 Å². The van der Waals surface area contributed by atoms with Crippen molar-refractivity contribution in [2.24, 2.45) is 0 Å². The summed E-state index contributed by atoms with van der Waals surface area (Å²) in [7, 11) is -3.42. The van der Waals surface area contributed by atoms with Crippen LogP contribution in [0.2, 0.25) is 0 Å². The first-order chi connectivity index (χ1) is 8.99. The number of sulfonamides is 1. The van der Waals surface area contributed by atoms with Crippen LogP contribution >= 0.6 is 11.8 Å². The first-order valence-electron chi connectivity index (χ1n) is 6.46. The number of anilines is 1. The molecule has 106 valence electrons. The van der Waals surface area contributed by atoms with E-state index in [1.807, 2.05) is 18.7 Å². The Kier molecular flexibility index (Phi) is 4.76. The predicted molar refractivity (Wildman–Crippen MR) is 80.9 cm³/mol. The molecule has 4 nitrogen and oxygen atoms in total. The molecule has 19 heavy (non-hydrogen) atoms. The third-order valence-electron chi connectivity index (χ3n) is 3.33. The number of nitrogens with one attached hydrogen (secondary N) is 1. The van der Waals surface area contributed by atoms with E-state index in [9.17, 15) is 8.42 Å². The number of hydrogen-bond donors (Lipinski definition) is 2. The van der Waals surface area contributed by atoms with Crippen LogP contribution in [0.25, 0.3) is 0 Å². The summed E-state index contributed by atoms with van der Waals surface area (Å²) in [6, 6.07) is 4.81. The van der Waals surface area contributed by atoms with Crippen molar-refractivity contribution >= 4 is 27.5 Å².